The van der Waals surface area contributed by atoms with E-state index in [4.69, 9.17) is 0 Å². The van der Waals surface area contributed by atoms with Crippen LogP contribution in [0.3, 0.4) is 0 Å². The topological polar surface area (TPSA) is 37.8 Å². The molecule has 3 aliphatic rings. The van der Waals surface area contributed by atoms with Gasteiger partial charge in [0.1, 0.15) is 17.0 Å². The van der Waals surface area contributed by atoms with Crippen molar-refractivity contribution in [1.29, 1.82) is 0 Å². The van der Waals surface area contributed by atoms with Gasteiger partial charge in [-0.3, -0.25) is 0 Å². The average molecular weight is 329 g/mol. The highest BCUT2D eigenvalue weighted by molar-refractivity contribution is 7.19. The highest BCUT2D eigenvalue weighted by atomic mass is 32.1. The number of quaternary nitrogens is 1. The van der Waals surface area contributed by atoms with E-state index in [0.29, 0.717) is 6.04 Å². The van der Waals surface area contributed by atoms with Gasteiger partial charge in [0.15, 0.2) is 0 Å². The quantitative estimate of drug-likeness (QED) is 0.860. The van der Waals surface area contributed by atoms with E-state index in [9.17, 15) is 0 Å². The maximum atomic E-state index is 4.64. The maximum absolute atomic E-state index is 4.64. The van der Waals surface area contributed by atoms with Gasteiger partial charge in [0.2, 0.25) is 0 Å². The van der Waals surface area contributed by atoms with Crippen LogP contribution in [0, 0.1) is 5.92 Å². The van der Waals surface area contributed by atoms with Crippen molar-refractivity contribution in [2.75, 3.05) is 26.0 Å². The molecule has 2 aromatic heterocycles. The Morgan fingerprint density at radius 2 is 2.09 bits per heavy atom. The third kappa shape index (κ3) is 2.20. The monoisotopic (exact) mass is 329 g/mol. The summed E-state index contributed by atoms with van der Waals surface area (Å²) in [7, 11) is 4.81. The fourth-order valence-electron chi connectivity index (χ4n) is 5.29. The minimum Gasteiger partial charge on any atom is -0.366 e. The van der Waals surface area contributed by atoms with Crippen molar-refractivity contribution in [3.8, 4) is 0 Å². The molecule has 2 bridgehead atoms. The van der Waals surface area contributed by atoms with E-state index in [0.717, 1.165) is 17.8 Å². The molecule has 23 heavy (non-hydrogen) atoms. The third-order valence-electron chi connectivity index (χ3n) is 6.34. The van der Waals surface area contributed by atoms with Gasteiger partial charge in [-0.15, -0.1) is 11.3 Å². The summed E-state index contributed by atoms with van der Waals surface area (Å²) in [6.07, 6.45) is 9.47. The number of fused-ring (bicyclic) bond motifs is 5. The SMILES string of the molecule is C[N+]1(C)CC2CC(Nc3ncnc4sc5c(c34)CCC5)CC1C2. The molecule has 1 saturated carbocycles. The van der Waals surface area contributed by atoms with Crippen LogP contribution in [-0.4, -0.2) is 47.2 Å². The number of thiophene rings is 1. The predicted octanol–water partition coefficient (Wildman–Crippen LogP) is 3.22. The maximum Gasteiger partial charge on any atom is 0.138 e. The zero-order chi connectivity index (χ0) is 15.6. The second-order valence-corrected chi connectivity index (χ2v) is 9.37. The first-order chi connectivity index (χ1) is 11.1. The summed E-state index contributed by atoms with van der Waals surface area (Å²) in [4.78, 5) is 11.9. The Kier molecular flexibility index (Phi) is 3.02. The smallest absolute Gasteiger partial charge is 0.138 e. The summed E-state index contributed by atoms with van der Waals surface area (Å²) in [6, 6.07) is 1.39. The number of nitrogens with zero attached hydrogens (tertiary/aromatic N) is 3. The molecule has 0 aromatic carbocycles. The molecule has 2 fully saturated rings. The average Bonchev–Trinajstić information content (AvgIpc) is 3.11. The number of anilines is 1. The van der Waals surface area contributed by atoms with Gasteiger partial charge in [0.05, 0.1) is 32.1 Å². The number of aromatic nitrogens is 2. The second-order valence-electron chi connectivity index (χ2n) is 8.29. The van der Waals surface area contributed by atoms with Crippen molar-refractivity contribution in [3.63, 3.8) is 0 Å². The molecule has 1 saturated heterocycles. The van der Waals surface area contributed by atoms with E-state index >= 15 is 0 Å². The summed E-state index contributed by atoms with van der Waals surface area (Å²) < 4.78 is 1.20. The summed E-state index contributed by atoms with van der Waals surface area (Å²) >= 11 is 1.88. The van der Waals surface area contributed by atoms with Gasteiger partial charge in [0, 0.05) is 29.7 Å². The lowest BCUT2D eigenvalue weighted by atomic mass is 9.86. The minimum atomic E-state index is 0.578. The summed E-state index contributed by atoms with van der Waals surface area (Å²) in [5.41, 5.74) is 1.53. The van der Waals surface area contributed by atoms with Crippen LogP contribution < -0.4 is 5.32 Å². The molecule has 1 N–H and O–H groups in total. The highest BCUT2D eigenvalue weighted by Gasteiger charge is 2.46. The van der Waals surface area contributed by atoms with E-state index in [-0.39, 0.29) is 0 Å². The van der Waals surface area contributed by atoms with E-state index < -0.39 is 0 Å². The Labute approximate surface area is 141 Å². The van der Waals surface area contributed by atoms with Crippen LogP contribution >= 0.6 is 11.3 Å². The summed E-state index contributed by atoms with van der Waals surface area (Å²) in [5, 5.41) is 5.15. The van der Waals surface area contributed by atoms with Gasteiger partial charge < -0.3 is 9.80 Å². The number of likely N-dealkylation sites (tertiary alicyclic amines) is 1. The Bertz CT molecular complexity index is 766. The van der Waals surface area contributed by atoms with Crippen molar-refractivity contribution in [1.82, 2.24) is 9.97 Å². The van der Waals surface area contributed by atoms with Crippen LogP contribution in [0.2, 0.25) is 0 Å². The standard InChI is InChI=1S/C18H25N4S/c1-22(2)9-11-6-12(8-13(22)7-11)21-17-16-14-4-3-5-15(14)23-18(16)20-10-19-17/h10-13H,3-9H2,1-2H3,(H,19,20,21)/q+1. The zero-order valence-corrected chi connectivity index (χ0v) is 14.8. The lowest BCUT2D eigenvalue weighted by molar-refractivity contribution is -0.902. The molecule has 3 heterocycles. The molecule has 1 aliphatic heterocycles. The van der Waals surface area contributed by atoms with Crippen LogP contribution in [0.15, 0.2) is 6.33 Å². The van der Waals surface area contributed by atoms with Crippen molar-refractivity contribution >= 4 is 27.4 Å². The Morgan fingerprint density at radius 1 is 1.17 bits per heavy atom. The molecule has 3 atom stereocenters. The van der Waals surface area contributed by atoms with E-state index in [1.165, 1.54) is 65.3 Å². The third-order valence-corrected chi connectivity index (χ3v) is 7.54. The lowest BCUT2D eigenvalue weighted by Gasteiger charge is -2.33. The van der Waals surface area contributed by atoms with Crippen molar-refractivity contribution < 1.29 is 4.48 Å². The highest BCUT2D eigenvalue weighted by Crippen LogP contribution is 2.42. The first-order valence-electron chi connectivity index (χ1n) is 8.94. The number of nitrogens with one attached hydrogen (secondary N) is 1. The normalized spacial score (nSPS) is 31.5. The van der Waals surface area contributed by atoms with Crippen molar-refractivity contribution in [3.05, 3.63) is 16.8 Å². The minimum absolute atomic E-state index is 0.578. The van der Waals surface area contributed by atoms with Gasteiger partial charge in [0.25, 0.3) is 0 Å². The molecule has 3 unspecified atom stereocenters. The molecule has 2 aromatic rings. The molecule has 122 valence electrons. The van der Waals surface area contributed by atoms with Gasteiger partial charge in [-0.2, -0.15) is 0 Å². The summed E-state index contributed by atoms with van der Waals surface area (Å²) in [5.74, 6) is 1.98. The van der Waals surface area contributed by atoms with E-state index in [1.807, 2.05) is 11.3 Å². The predicted molar refractivity (Wildman–Crippen MR) is 95.0 cm³/mol. The number of rotatable bonds is 2. The number of hydrogen-bond donors (Lipinski definition) is 1. The molecule has 4 nitrogen and oxygen atoms in total. The molecule has 5 heteroatoms. The molecular formula is C18H25N4S+. The fraction of sp³-hybridized carbons (Fsp3) is 0.667. The molecular weight excluding hydrogens is 304 g/mol. The number of hydrogen-bond acceptors (Lipinski definition) is 4. The first-order valence-corrected chi connectivity index (χ1v) is 9.76. The van der Waals surface area contributed by atoms with Crippen LogP contribution in [0.5, 0.6) is 0 Å². The van der Waals surface area contributed by atoms with Gasteiger partial charge >= 0.3 is 0 Å². The summed E-state index contributed by atoms with van der Waals surface area (Å²) in [6.45, 7) is 1.34. The molecule has 0 amide bonds. The van der Waals surface area contributed by atoms with Crippen LogP contribution in [-0.2, 0) is 12.8 Å². The van der Waals surface area contributed by atoms with Gasteiger partial charge in [-0.25, -0.2) is 9.97 Å². The van der Waals surface area contributed by atoms with E-state index in [2.05, 4.69) is 29.4 Å². The largest absolute Gasteiger partial charge is 0.366 e. The van der Waals surface area contributed by atoms with Crippen LogP contribution in [0.25, 0.3) is 10.2 Å². The van der Waals surface area contributed by atoms with Crippen LogP contribution in [0.4, 0.5) is 5.82 Å². The molecule has 0 spiro atoms. The van der Waals surface area contributed by atoms with Gasteiger partial charge in [-0.05, 0) is 31.2 Å². The Morgan fingerprint density at radius 3 is 2.96 bits per heavy atom. The Balaban J connectivity index is 1.46. The Hall–Kier alpha value is -1.20. The second kappa shape index (κ2) is 4.90. The van der Waals surface area contributed by atoms with Crippen molar-refractivity contribution in [2.45, 2.75) is 50.6 Å². The first kappa shape index (κ1) is 14.2. The molecule has 2 aliphatic carbocycles. The van der Waals surface area contributed by atoms with Gasteiger partial charge in [-0.1, -0.05) is 0 Å². The van der Waals surface area contributed by atoms with Crippen molar-refractivity contribution in [2.24, 2.45) is 5.92 Å². The van der Waals surface area contributed by atoms with Crippen LogP contribution in [0.1, 0.15) is 36.1 Å². The number of aryl methyl sites for hydroxylation is 2. The molecule has 5 rings (SSSR count). The lowest BCUT2D eigenvalue weighted by Crippen LogP contribution is -2.45. The van der Waals surface area contributed by atoms with E-state index in [1.54, 1.807) is 11.2 Å². The fourth-order valence-corrected chi connectivity index (χ4v) is 6.52. The zero-order valence-electron chi connectivity index (χ0n) is 14.0. The molecule has 0 radical (unpaired) electrons.